The van der Waals surface area contributed by atoms with Crippen molar-refractivity contribution in [2.75, 3.05) is 0 Å². The van der Waals surface area contributed by atoms with Crippen molar-refractivity contribution in [1.29, 1.82) is 0 Å². The van der Waals surface area contributed by atoms with Crippen molar-refractivity contribution in [3.05, 3.63) is 0 Å². The molecule has 0 aromatic heterocycles. The Morgan fingerprint density at radius 1 is 1.25 bits per heavy atom. The van der Waals surface area contributed by atoms with Crippen LogP contribution in [-0.2, 0) is 41.7 Å². The molecule has 0 aliphatic carbocycles. The van der Waals surface area contributed by atoms with Gasteiger partial charge in [0, 0.05) is 27.3 Å². The van der Waals surface area contributed by atoms with Gasteiger partial charge in [-0.3, -0.25) is 0 Å². The molecule has 0 aromatic carbocycles. The summed E-state index contributed by atoms with van der Waals surface area (Å²) in [6.07, 6.45) is 0. The van der Waals surface area contributed by atoms with Gasteiger partial charge in [-0.05, 0) is 0 Å². The Morgan fingerprint density at radius 3 is 1.25 bits per heavy atom. The summed E-state index contributed by atoms with van der Waals surface area (Å²) in [6.45, 7) is 0. The second-order valence-corrected chi connectivity index (χ2v) is 0. The molecule has 0 unspecified atom stereocenters. The monoisotopic (exact) mass is 291 g/mol. The molecular weight excluding hydrogens is 287 g/mol. The van der Waals surface area contributed by atoms with E-state index in [1.54, 1.807) is 0 Å². The van der Waals surface area contributed by atoms with Gasteiger partial charge < -0.3 is 0 Å². The van der Waals surface area contributed by atoms with Gasteiger partial charge in [-0.1, -0.05) is 0 Å². The van der Waals surface area contributed by atoms with Crippen molar-refractivity contribution in [1.82, 2.24) is 0 Å². The van der Waals surface area contributed by atoms with Gasteiger partial charge in [0.05, 0.1) is 0 Å². The summed E-state index contributed by atoms with van der Waals surface area (Å²) in [4.78, 5) is 0. The van der Waals surface area contributed by atoms with Gasteiger partial charge in [0.2, 0.25) is 0 Å². The fraction of sp³-hybridized carbons (Fsp3) is 0. The Labute approximate surface area is 68.4 Å². The normalized spacial score (nSPS) is 1.50. The molecular formula is H2CdCuSSe. The zero-order valence-corrected chi connectivity index (χ0v) is 9.81. The van der Waals surface area contributed by atoms with E-state index in [1.807, 2.05) is 0 Å². The van der Waals surface area contributed by atoms with E-state index in [0.717, 1.165) is 0 Å². The quantitative estimate of drug-likeness (QED) is 0.553. The molecule has 0 aliphatic heterocycles. The molecule has 0 nitrogen and oxygen atoms in total. The van der Waals surface area contributed by atoms with Crippen LogP contribution >= 0.6 is 10.6 Å². The van der Waals surface area contributed by atoms with Crippen molar-refractivity contribution in [2.24, 2.45) is 0 Å². The van der Waals surface area contributed by atoms with Gasteiger partial charge in [-0.15, -0.1) is 0 Å². The first-order chi connectivity index (χ1) is 1.00. The minimum absolute atomic E-state index is 0. The molecule has 0 saturated carbocycles. The Kier molecular flexibility index (Phi) is 78.0. The third kappa shape index (κ3) is 8.89. The van der Waals surface area contributed by atoms with Crippen LogP contribution in [0.15, 0.2) is 0 Å². The first-order valence-corrected chi connectivity index (χ1v) is 1.52. The maximum atomic E-state index is 3.77. The molecule has 0 rings (SSSR count). The van der Waals surface area contributed by atoms with Crippen LogP contribution in [0.4, 0.5) is 0 Å². The van der Waals surface area contributed by atoms with Crippen LogP contribution in [0.1, 0.15) is 0 Å². The first-order valence-electron chi connectivity index (χ1n) is 0.123. The minimum atomic E-state index is 0. The summed E-state index contributed by atoms with van der Waals surface area (Å²) in [7, 11) is 3.65. The Bertz CT molecular complexity index is 8.00. The molecule has 4 heteroatoms. The SMILES string of the molecule is [Cd].[S]=[Cu].[SeH2]. The van der Waals surface area contributed by atoms with Gasteiger partial charge in [0.25, 0.3) is 0 Å². The Hall–Kier alpha value is 2.18. The van der Waals surface area contributed by atoms with Crippen molar-refractivity contribution in [3.8, 4) is 0 Å². The molecule has 0 saturated heterocycles. The molecule has 0 amide bonds. The standard InChI is InChI=1S/Cd.Cu.S.H2Se/h;;;1H2. The second kappa shape index (κ2) is 19.0. The summed E-state index contributed by atoms with van der Waals surface area (Å²) in [5, 5.41) is 0. The van der Waals surface area contributed by atoms with Crippen LogP contribution in [-0.4, -0.2) is 17.1 Å². The van der Waals surface area contributed by atoms with Gasteiger partial charge in [0.15, 0.2) is 0 Å². The van der Waals surface area contributed by atoms with E-state index < -0.39 is 0 Å². The van der Waals surface area contributed by atoms with E-state index in [1.165, 1.54) is 0 Å². The molecule has 0 bridgehead atoms. The molecule has 0 fully saturated rings. The first kappa shape index (κ1) is 16.4. The zero-order valence-electron chi connectivity index (χ0n) is 1.92. The van der Waals surface area contributed by atoms with E-state index in [9.17, 15) is 0 Å². The summed E-state index contributed by atoms with van der Waals surface area (Å²) < 4.78 is 0. The number of rotatable bonds is 0. The Morgan fingerprint density at radius 2 is 1.25 bits per heavy atom. The molecule has 0 heterocycles. The average molecular weight is 289 g/mol. The molecule has 0 aromatic rings. The fourth-order valence-electron chi connectivity index (χ4n) is 0. The van der Waals surface area contributed by atoms with E-state index in [4.69, 9.17) is 0 Å². The number of hydrogen-bond acceptors (Lipinski definition) is 1. The topological polar surface area (TPSA) is 0 Å². The van der Waals surface area contributed by atoms with Gasteiger partial charge in [-0.25, -0.2) is 0 Å². The third-order valence-electron chi connectivity index (χ3n) is 0. The van der Waals surface area contributed by atoms with Gasteiger partial charge in [-0.2, -0.15) is 0 Å². The maximum absolute atomic E-state index is 3.77. The second-order valence-electron chi connectivity index (χ2n) is 0. The summed E-state index contributed by atoms with van der Waals surface area (Å²) in [5.74, 6) is 0. The summed E-state index contributed by atoms with van der Waals surface area (Å²) >= 11 is 3.77. The molecule has 0 atom stereocenters. The van der Waals surface area contributed by atoms with Crippen molar-refractivity contribution < 1.29 is 41.7 Å². The Balaban J connectivity index is -0.00000000500. The van der Waals surface area contributed by atoms with Crippen LogP contribution in [0.25, 0.3) is 0 Å². The summed E-state index contributed by atoms with van der Waals surface area (Å²) in [6, 6.07) is 0. The summed E-state index contributed by atoms with van der Waals surface area (Å²) in [5.41, 5.74) is 0. The van der Waals surface area contributed by atoms with Crippen molar-refractivity contribution >= 4 is 27.6 Å². The fourth-order valence-corrected chi connectivity index (χ4v) is 0. The molecule has 0 spiro atoms. The van der Waals surface area contributed by atoms with Crippen LogP contribution < -0.4 is 0 Å². The van der Waals surface area contributed by atoms with Crippen molar-refractivity contribution in [2.45, 2.75) is 0 Å². The predicted molar refractivity (Wildman–Crippen MR) is 16.1 cm³/mol. The van der Waals surface area contributed by atoms with E-state index in [2.05, 4.69) is 24.9 Å². The van der Waals surface area contributed by atoms with Gasteiger partial charge >= 0.3 is 42.0 Å². The molecule has 0 radical (unpaired) electrons. The van der Waals surface area contributed by atoms with Crippen molar-refractivity contribution in [3.63, 3.8) is 0 Å². The third-order valence-corrected chi connectivity index (χ3v) is 0. The van der Waals surface area contributed by atoms with E-state index in [-0.39, 0.29) is 44.4 Å². The zero-order chi connectivity index (χ0) is 2.00. The molecule has 27 valence electrons. The predicted octanol–water partition coefficient (Wildman–Crippen LogP) is -0.273. The van der Waals surface area contributed by atoms with Crippen LogP contribution in [0.2, 0.25) is 0 Å². The molecule has 4 heavy (non-hydrogen) atoms. The molecule has 0 N–H and O–H groups in total. The molecule has 0 aliphatic rings. The van der Waals surface area contributed by atoms with E-state index >= 15 is 0 Å². The number of hydrogen-bond donors (Lipinski definition) is 0. The van der Waals surface area contributed by atoms with Gasteiger partial charge in [0.1, 0.15) is 0 Å². The van der Waals surface area contributed by atoms with Crippen LogP contribution in [0.3, 0.4) is 0 Å². The average Bonchev–Trinajstić information content (AvgIpc) is 1.00. The van der Waals surface area contributed by atoms with E-state index in [0.29, 0.717) is 0 Å². The van der Waals surface area contributed by atoms with Crippen LogP contribution in [0, 0.1) is 0 Å². The van der Waals surface area contributed by atoms with Crippen LogP contribution in [0.5, 0.6) is 0 Å².